The monoisotopic (exact) mass is 353 g/mol. The first-order valence-corrected chi connectivity index (χ1v) is 7.89. The first-order chi connectivity index (χ1) is 11.8. The van der Waals surface area contributed by atoms with E-state index in [1.54, 1.807) is 13.2 Å². The second-order valence-corrected chi connectivity index (χ2v) is 6.05. The highest BCUT2D eigenvalue weighted by atomic mass is 19.4. The molecule has 0 saturated carbocycles. The number of nitrogens with one attached hydrogen (secondary N) is 1. The number of anilines is 2. The molecule has 1 N–H and O–H groups in total. The number of pyridine rings is 1. The molecule has 1 fully saturated rings. The van der Waals surface area contributed by atoms with Crippen LogP contribution in [0.15, 0.2) is 35.4 Å². The van der Waals surface area contributed by atoms with Crippen LogP contribution < -0.4 is 15.8 Å². The molecule has 1 aliphatic rings. The molecule has 9 heteroatoms. The molecule has 134 valence electrons. The molecule has 1 atom stereocenters. The van der Waals surface area contributed by atoms with Crippen molar-refractivity contribution in [3.63, 3.8) is 0 Å². The lowest BCUT2D eigenvalue weighted by molar-refractivity contribution is -0.137. The number of alkyl halides is 3. The van der Waals surface area contributed by atoms with Crippen LogP contribution in [0.25, 0.3) is 0 Å². The number of aryl methyl sites for hydroxylation is 1. The summed E-state index contributed by atoms with van der Waals surface area (Å²) >= 11 is 0. The van der Waals surface area contributed by atoms with Crippen LogP contribution in [0.5, 0.6) is 0 Å². The third-order valence-corrected chi connectivity index (χ3v) is 4.28. The fourth-order valence-electron chi connectivity index (χ4n) is 2.88. The molecule has 25 heavy (non-hydrogen) atoms. The van der Waals surface area contributed by atoms with Gasteiger partial charge in [-0.1, -0.05) is 0 Å². The zero-order chi connectivity index (χ0) is 18.0. The van der Waals surface area contributed by atoms with Gasteiger partial charge in [0.05, 0.1) is 17.4 Å². The lowest BCUT2D eigenvalue weighted by atomic mass is 10.1. The van der Waals surface area contributed by atoms with Crippen LogP contribution in [0.4, 0.5) is 24.7 Å². The number of aromatic nitrogens is 3. The first kappa shape index (κ1) is 17.2. The van der Waals surface area contributed by atoms with Gasteiger partial charge in [-0.3, -0.25) is 4.79 Å². The van der Waals surface area contributed by atoms with Gasteiger partial charge in [-0.05, 0) is 24.5 Å². The smallest absolute Gasteiger partial charge is 0.370 e. The van der Waals surface area contributed by atoms with Crippen molar-refractivity contribution in [1.29, 1.82) is 0 Å². The lowest BCUT2D eigenvalue weighted by Crippen LogP contribution is -2.26. The summed E-state index contributed by atoms with van der Waals surface area (Å²) in [6, 6.07) is 3.80. The average molecular weight is 353 g/mol. The Bertz CT molecular complexity index is 805. The number of halogens is 3. The normalized spacial score (nSPS) is 17.8. The Morgan fingerprint density at radius 1 is 1.40 bits per heavy atom. The standard InChI is InChI=1S/C16H18F3N5O/c1-23-14(25)7-12(9-22-23)24-6-4-11(10-24)8-21-15-13(16(17,18)19)3-2-5-20-15/h2-3,5,7,9,11H,4,6,8,10H2,1H3,(H,20,21). The second kappa shape index (κ2) is 6.73. The average Bonchev–Trinajstić information content (AvgIpc) is 3.04. The number of rotatable bonds is 4. The van der Waals surface area contributed by atoms with Crippen LogP contribution in [-0.2, 0) is 13.2 Å². The van der Waals surface area contributed by atoms with Crippen molar-refractivity contribution in [2.24, 2.45) is 13.0 Å². The summed E-state index contributed by atoms with van der Waals surface area (Å²) in [5.74, 6) is 0.0100. The summed E-state index contributed by atoms with van der Waals surface area (Å²) in [5, 5.41) is 6.81. The second-order valence-electron chi connectivity index (χ2n) is 6.05. The molecule has 0 bridgehead atoms. The molecular weight excluding hydrogens is 335 g/mol. The third kappa shape index (κ3) is 3.92. The quantitative estimate of drug-likeness (QED) is 0.912. The van der Waals surface area contributed by atoms with Gasteiger partial charge in [0.15, 0.2) is 0 Å². The summed E-state index contributed by atoms with van der Waals surface area (Å²) in [7, 11) is 1.58. The van der Waals surface area contributed by atoms with Gasteiger partial charge in [0, 0.05) is 38.9 Å². The van der Waals surface area contributed by atoms with Crippen LogP contribution in [0, 0.1) is 5.92 Å². The van der Waals surface area contributed by atoms with Gasteiger partial charge < -0.3 is 10.2 Å². The van der Waals surface area contributed by atoms with Crippen molar-refractivity contribution in [1.82, 2.24) is 14.8 Å². The molecule has 0 aliphatic carbocycles. The molecule has 1 aliphatic heterocycles. The Morgan fingerprint density at radius 2 is 2.20 bits per heavy atom. The van der Waals surface area contributed by atoms with Crippen molar-refractivity contribution >= 4 is 11.5 Å². The largest absolute Gasteiger partial charge is 0.419 e. The van der Waals surface area contributed by atoms with Crippen molar-refractivity contribution in [3.05, 3.63) is 46.5 Å². The van der Waals surface area contributed by atoms with Gasteiger partial charge in [-0.2, -0.15) is 18.3 Å². The van der Waals surface area contributed by atoms with Gasteiger partial charge in [-0.15, -0.1) is 0 Å². The van der Waals surface area contributed by atoms with Crippen LogP contribution in [-0.4, -0.2) is 34.4 Å². The Morgan fingerprint density at radius 3 is 2.92 bits per heavy atom. The summed E-state index contributed by atoms with van der Waals surface area (Å²) in [6.07, 6.45) is -0.661. The number of hydrogen-bond acceptors (Lipinski definition) is 5. The molecule has 3 heterocycles. The summed E-state index contributed by atoms with van der Waals surface area (Å²) in [4.78, 5) is 17.5. The Balaban J connectivity index is 1.63. The van der Waals surface area contributed by atoms with E-state index in [1.165, 1.54) is 23.0 Å². The fourth-order valence-corrected chi connectivity index (χ4v) is 2.88. The SMILES string of the molecule is Cn1ncc(N2CCC(CNc3ncccc3C(F)(F)F)C2)cc1=O. The van der Waals surface area contributed by atoms with E-state index in [2.05, 4.69) is 15.4 Å². The van der Waals surface area contributed by atoms with Crippen LogP contribution in [0.1, 0.15) is 12.0 Å². The van der Waals surface area contributed by atoms with Crippen LogP contribution in [0.2, 0.25) is 0 Å². The van der Waals surface area contributed by atoms with Crippen molar-refractivity contribution in [2.75, 3.05) is 29.9 Å². The Hall–Kier alpha value is -2.58. The van der Waals surface area contributed by atoms with Crippen LogP contribution in [0.3, 0.4) is 0 Å². The minimum absolute atomic E-state index is 0.149. The first-order valence-electron chi connectivity index (χ1n) is 7.89. The highest BCUT2D eigenvalue weighted by Crippen LogP contribution is 2.33. The maximum atomic E-state index is 13.0. The van der Waals surface area contributed by atoms with Gasteiger partial charge >= 0.3 is 6.18 Å². The zero-order valence-corrected chi connectivity index (χ0v) is 13.6. The van der Waals surface area contributed by atoms with Crippen molar-refractivity contribution in [3.8, 4) is 0 Å². The van der Waals surface area contributed by atoms with Gasteiger partial charge in [0.2, 0.25) is 0 Å². The van der Waals surface area contributed by atoms with E-state index in [1.807, 2.05) is 4.90 Å². The summed E-state index contributed by atoms with van der Waals surface area (Å²) in [5.41, 5.74) is -0.220. The van der Waals surface area contributed by atoms with E-state index >= 15 is 0 Å². The highest BCUT2D eigenvalue weighted by molar-refractivity contribution is 5.46. The lowest BCUT2D eigenvalue weighted by Gasteiger charge is -2.19. The van der Waals surface area contributed by atoms with E-state index in [0.717, 1.165) is 24.7 Å². The zero-order valence-electron chi connectivity index (χ0n) is 13.6. The van der Waals surface area contributed by atoms with Gasteiger partial charge in [0.25, 0.3) is 5.56 Å². The maximum absolute atomic E-state index is 13.0. The molecule has 0 radical (unpaired) electrons. The van der Waals surface area contributed by atoms with E-state index in [4.69, 9.17) is 0 Å². The Labute approximate surface area is 142 Å². The molecule has 3 rings (SSSR count). The van der Waals surface area contributed by atoms with Gasteiger partial charge in [-0.25, -0.2) is 9.67 Å². The minimum Gasteiger partial charge on any atom is -0.370 e. The predicted molar refractivity (Wildman–Crippen MR) is 87.5 cm³/mol. The van der Waals surface area contributed by atoms with Gasteiger partial charge in [0.1, 0.15) is 5.82 Å². The van der Waals surface area contributed by atoms with E-state index < -0.39 is 11.7 Å². The molecule has 2 aromatic rings. The molecule has 6 nitrogen and oxygen atoms in total. The third-order valence-electron chi connectivity index (χ3n) is 4.28. The number of hydrogen-bond donors (Lipinski definition) is 1. The molecular formula is C16H18F3N5O. The Kier molecular flexibility index (Phi) is 4.65. The van der Waals surface area contributed by atoms with Crippen molar-refractivity contribution < 1.29 is 13.2 Å². The minimum atomic E-state index is -4.44. The maximum Gasteiger partial charge on any atom is 0.419 e. The summed E-state index contributed by atoms with van der Waals surface area (Å²) < 4.78 is 40.2. The highest BCUT2D eigenvalue weighted by Gasteiger charge is 2.34. The molecule has 1 unspecified atom stereocenters. The molecule has 2 aromatic heterocycles. The number of nitrogens with zero attached hydrogens (tertiary/aromatic N) is 4. The van der Waals surface area contributed by atoms with Crippen LogP contribution >= 0.6 is 0 Å². The summed E-state index contributed by atoms with van der Waals surface area (Å²) in [6.45, 7) is 1.76. The van der Waals surface area contributed by atoms with E-state index in [9.17, 15) is 18.0 Å². The fraction of sp³-hybridized carbons (Fsp3) is 0.438. The van der Waals surface area contributed by atoms with E-state index in [-0.39, 0.29) is 17.3 Å². The molecule has 0 aromatic carbocycles. The van der Waals surface area contributed by atoms with Crippen molar-refractivity contribution in [2.45, 2.75) is 12.6 Å². The predicted octanol–water partition coefficient (Wildman–Crippen LogP) is 2.13. The molecule has 0 amide bonds. The van der Waals surface area contributed by atoms with E-state index in [0.29, 0.717) is 13.1 Å². The topological polar surface area (TPSA) is 63.1 Å². The molecule has 1 saturated heterocycles. The molecule has 0 spiro atoms.